The summed E-state index contributed by atoms with van der Waals surface area (Å²) in [7, 11) is 0. The molecule has 1 heterocycles. The predicted molar refractivity (Wildman–Crippen MR) is 124 cm³/mol. The number of alkyl halides is 3. The molecule has 4 nitrogen and oxygen atoms in total. The summed E-state index contributed by atoms with van der Waals surface area (Å²) in [4.78, 5) is 17.7. The first kappa shape index (κ1) is 22.2. The van der Waals surface area contributed by atoms with Crippen molar-refractivity contribution in [3.05, 3.63) is 93.5 Å². The number of fused-ring (bicyclic) bond motifs is 1. The SMILES string of the molecule is Cc1ccc2nc(N(/N=C/c3ccc(Br)cc3)C(=O)c3cccc(C(F)(F)F)c3)sc2c1. The third-order valence-corrected chi connectivity index (χ3v) is 6.06. The van der Waals surface area contributed by atoms with Gasteiger partial charge in [0, 0.05) is 10.0 Å². The van der Waals surface area contributed by atoms with Crippen LogP contribution < -0.4 is 5.01 Å². The molecular formula is C23H15BrF3N3OS. The number of hydrogen-bond acceptors (Lipinski definition) is 4. The maximum atomic E-state index is 13.2. The Labute approximate surface area is 194 Å². The van der Waals surface area contributed by atoms with Crippen molar-refractivity contribution in [2.24, 2.45) is 5.10 Å². The van der Waals surface area contributed by atoms with Gasteiger partial charge >= 0.3 is 6.18 Å². The number of halogens is 4. The largest absolute Gasteiger partial charge is 0.416 e. The van der Waals surface area contributed by atoms with Crippen molar-refractivity contribution in [2.75, 3.05) is 5.01 Å². The van der Waals surface area contributed by atoms with E-state index in [1.165, 1.54) is 29.7 Å². The molecule has 0 aliphatic rings. The topological polar surface area (TPSA) is 45.6 Å². The zero-order valence-electron chi connectivity index (χ0n) is 16.6. The molecule has 1 amide bonds. The maximum Gasteiger partial charge on any atom is 0.416 e. The van der Waals surface area contributed by atoms with Crippen LogP contribution in [0.15, 0.2) is 76.3 Å². The summed E-state index contributed by atoms with van der Waals surface area (Å²) >= 11 is 4.60. The molecule has 0 fully saturated rings. The van der Waals surface area contributed by atoms with Crippen molar-refractivity contribution >= 4 is 54.7 Å². The molecule has 0 spiro atoms. The van der Waals surface area contributed by atoms with Crippen LogP contribution in [-0.2, 0) is 6.18 Å². The second-order valence-corrected chi connectivity index (χ2v) is 8.88. The van der Waals surface area contributed by atoms with Gasteiger partial charge in [0.15, 0.2) is 0 Å². The molecular weight excluding hydrogens is 503 g/mol. The fraction of sp³-hybridized carbons (Fsp3) is 0.0870. The number of carbonyl (C=O) groups is 1. The molecule has 0 saturated heterocycles. The van der Waals surface area contributed by atoms with Gasteiger partial charge in [-0.2, -0.15) is 23.3 Å². The van der Waals surface area contributed by atoms with Gasteiger partial charge in [-0.25, -0.2) is 4.98 Å². The van der Waals surface area contributed by atoms with E-state index in [2.05, 4.69) is 26.0 Å². The Morgan fingerprint density at radius 2 is 1.84 bits per heavy atom. The minimum atomic E-state index is -4.56. The van der Waals surface area contributed by atoms with E-state index in [4.69, 9.17) is 0 Å². The number of aromatic nitrogens is 1. The lowest BCUT2D eigenvalue weighted by atomic mass is 10.1. The van der Waals surface area contributed by atoms with E-state index in [-0.39, 0.29) is 10.7 Å². The summed E-state index contributed by atoms with van der Waals surface area (Å²) in [6.07, 6.45) is -3.09. The molecule has 0 aliphatic heterocycles. The Kier molecular flexibility index (Phi) is 6.12. The first-order valence-corrected chi connectivity index (χ1v) is 11.0. The van der Waals surface area contributed by atoms with Gasteiger partial charge in [-0.1, -0.05) is 51.5 Å². The second kappa shape index (κ2) is 8.84. The van der Waals surface area contributed by atoms with E-state index in [1.807, 2.05) is 37.3 Å². The maximum absolute atomic E-state index is 13.2. The quantitative estimate of drug-likeness (QED) is 0.214. The lowest BCUT2D eigenvalue weighted by Gasteiger charge is -2.15. The normalized spacial score (nSPS) is 11.9. The summed E-state index contributed by atoms with van der Waals surface area (Å²) in [6.45, 7) is 1.94. The lowest BCUT2D eigenvalue weighted by Crippen LogP contribution is -2.26. The Bertz CT molecular complexity index is 1320. The van der Waals surface area contributed by atoms with E-state index < -0.39 is 17.6 Å². The monoisotopic (exact) mass is 517 g/mol. The van der Waals surface area contributed by atoms with E-state index in [1.54, 1.807) is 12.1 Å². The van der Waals surface area contributed by atoms with Crippen LogP contribution in [0.1, 0.15) is 27.0 Å². The number of carbonyl (C=O) groups excluding carboxylic acids is 1. The molecule has 0 atom stereocenters. The van der Waals surface area contributed by atoms with Crippen LogP contribution in [-0.4, -0.2) is 17.1 Å². The van der Waals surface area contributed by atoms with Gasteiger partial charge < -0.3 is 0 Å². The zero-order chi connectivity index (χ0) is 22.9. The van der Waals surface area contributed by atoms with E-state index in [9.17, 15) is 18.0 Å². The van der Waals surface area contributed by atoms with Gasteiger partial charge in [0.25, 0.3) is 5.91 Å². The smallest absolute Gasteiger partial charge is 0.267 e. The predicted octanol–water partition coefficient (Wildman–Crippen LogP) is 7.07. The summed E-state index contributed by atoms with van der Waals surface area (Å²) in [5, 5.41) is 5.59. The van der Waals surface area contributed by atoms with Gasteiger partial charge in [-0.15, -0.1) is 0 Å². The number of nitrogens with zero attached hydrogens (tertiary/aromatic N) is 3. The Morgan fingerprint density at radius 3 is 2.56 bits per heavy atom. The average Bonchev–Trinajstić information content (AvgIpc) is 3.17. The molecule has 0 aliphatic carbocycles. The van der Waals surface area contributed by atoms with E-state index in [0.717, 1.165) is 31.9 Å². The molecule has 162 valence electrons. The Balaban J connectivity index is 1.77. The van der Waals surface area contributed by atoms with Gasteiger partial charge in [-0.05, 0) is 60.5 Å². The van der Waals surface area contributed by atoms with Crippen molar-refractivity contribution in [2.45, 2.75) is 13.1 Å². The molecule has 0 radical (unpaired) electrons. The summed E-state index contributed by atoms with van der Waals surface area (Å²) in [5.41, 5.74) is 1.38. The third kappa shape index (κ3) is 4.89. The summed E-state index contributed by atoms with van der Waals surface area (Å²) in [5.74, 6) is -0.708. The molecule has 0 saturated carbocycles. The van der Waals surface area contributed by atoms with Gasteiger partial charge in [0.05, 0.1) is 22.0 Å². The number of benzene rings is 3. The van der Waals surface area contributed by atoms with Crippen LogP contribution in [0.4, 0.5) is 18.3 Å². The van der Waals surface area contributed by atoms with E-state index >= 15 is 0 Å². The fourth-order valence-electron chi connectivity index (χ4n) is 2.92. The molecule has 4 aromatic rings. The van der Waals surface area contributed by atoms with Gasteiger partial charge in [0.2, 0.25) is 5.13 Å². The number of hydrazone groups is 1. The van der Waals surface area contributed by atoms with Crippen LogP contribution in [0.5, 0.6) is 0 Å². The van der Waals surface area contributed by atoms with Crippen LogP contribution in [0.3, 0.4) is 0 Å². The van der Waals surface area contributed by atoms with Crippen LogP contribution in [0.2, 0.25) is 0 Å². The van der Waals surface area contributed by atoms with Crippen molar-refractivity contribution in [3.8, 4) is 0 Å². The average molecular weight is 518 g/mol. The number of amides is 1. The van der Waals surface area contributed by atoms with E-state index in [0.29, 0.717) is 11.1 Å². The van der Waals surface area contributed by atoms with Gasteiger partial charge in [-0.3, -0.25) is 4.79 Å². The Morgan fingerprint density at radius 1 is 1.09 bits per heavy atom. The molecule has 3 aromatic carbocycles. The molecule has 9 heteroatoms. The number of thiazole rings is 1. The Hall–Kier alpha value is -3.04. The molecule has 0 N–H and O–H groups in total. The first-order chi connectivity index (χ1) is 15.2. The molecule has 32 heavy (non-hydrogen) atoms. The van der Waals surface area contributed by atoms with Crippen molar-refractivity contribution in [1.82, 2.24) is 4.98 Å². The number of anilines is 1. The number of aryl methyl sites for hydroxylation is 1. The molecule has 4 rings (SSSR count). The zero-order valence-corrected chi connectivity index (χ0v) is 19.0. The highest BCUT2D eigenvalue weighted by Crippen LogP contribution is 2.33. The number of rotatable bonds is 4. The minimum absolute atomic E-state index is 0.136. The van der Waals surface area contributed by atoms with Gasteiger partial charge in [0.1, 0.15) is 0 Å². The van der Waals surface area contributed by atoms with Crippen molar-refractivity contribution < 1.29 is 18.0 Å². The lowest BCUT2D eigenvalue weighted by molar-refractivity contribution is -0.137. The minimum Gasteiger partial charge on any atom is -0.267 e. The highest BCUT2D eigenvalue weighted by molar-refractivity contribution is 9.10. The highest BCUT2D eigenvalue weighted by atomic mass is 79.9. The molecule has 1 aromatic heterocycles. The highest BCUT2D eigenvalue weighted by Gasteiger charge is 2.32. The van der Waals surface area contributed by atoms with Crippen molar-refractivity contribution in [3.63, 3.8) is 0 Å². The van der Waals surface area contributed by atoms with Crippen LogP contribution in [0.25, 0.3) is 10.2 Å². The van der Waals surface area contributed by atoms with Crippen LogP contribution >= 0.6 is 27.3 Å². The summed E-state index contributed by atoms with van der Waals surface area (Å²) in [6, 6.07) is 17.2. The van der Waals surface area contributed by atoms with Crippen LogP contribution in [0, 0.1) is 6.92 Å². The summed E-state index contributed by atoms with van der Waals surface area (Å²) < 4.78 is 41.2. The second-order valence-electron chi connectivity index (χ2n) is 6.96. The fourth-order valence-corrected chi connectivity index (χ4v) is 4.21. The number of hydrogen-bond donors (Lipinski definition) is 0. The standard InChI is InChI=1S/C23H15BrF3N3OS/c1-14-5-10-19-20(11-14)32-22(29-19)30(28-13-15-6-8-18(24)9-7-15)21(31)16-3-2-4-17(12-16)23(25,26)27/h2-13H,1H3/b28-13+. The molecule has 0 bridgehead atoms. The third-order valence-electron chi connectivity index (χ3n) is 4.54. The first-order valence-electron chi connectivity index (χ1n) is 9.39. The molecule has 0 unspecified atom stereocenters. The van der Waals surface area contributed by atoms with Crippen molar-refractivity contribution in [1.29, 1.82) is 0 Å².